The zero-order valence-corrected chi connectivity index (χ0v) is 19.3. The molecule has 1 atom stereocenters. The molecule has 0 bridgehead atoms. The molecule has 2 aromatic heterocycles. The van der Waals surface area contributed by atoms with Crippen LogP contribution in [0.25, 0.3) is 5.52 Å². The standard InChI is InChI=1S/C19H17BrClIN4O2/c20-14-9-23-16(21)15-17(22)24-18(26(14)15)13-7-4-8-25(10-13)19(27)28-11-12-5-2-1-3-6-12/h1-3,5-6,9,13H,4,7-8,10-11H2/t13-/m1/s1. The number of fused-ring (bicyclic) bond motifs is 1. The van der Waals surface area contributed by atoms with Crippen molar-refractivity contribution >= 4 is 61.7 Å². The summed E-state index contributed by atoms with van der Waals surface area (Å²) in [6, 6.07) is 9.70. The van der Waals surface area contributed by atoms with Crippen LogP contribution in [-0.4, -0.2) is 38.5 Å². The van der Waals surface area contributed by atoms with Crippen molar-refractivity contribution in [3.8, 4) is 0 Å². The van der Waals surface area contributed by atoms with Crippen LogP contribution in [0, 0.1) is 3.70 Å². The van der Waals surface area contributed by atoms with Crippen molar-refractivity contribution in [3.63, 3.8) is 0 Å². The lowest BCUT2D eigenvalue weighted by Gasteiger charge is -2.31. The van der Waals surface area contributed by atoms with E-state index < -0.39 is 0 Å². The third-order valence-corrected chi connectivity index (χ3v) is 6.39. The van der Waals surface area contributed by atoms with Crippen LogP contribution in [0.4, 0.5) is 4.79 Å². The molecule has 1 saturated heterocycles. The average molecular weight is 576 g/mol. The molecule has 6 nitrogen and oxygen atoms in total. The Bertz CT molecular complexity index is 1010. The number of carbonyl (C=O) groups excluding carboxylic acids is 1. The molecule has 1 aliphatic heterocycles. The molecule has 0 aliphatic carbocycles. The molecule has 0 spiro atoms. The van der Waals surface area contributed by atoms with Gasteiger partial charge in [0.05, 0.1) is 6.20 Å². The maximum atomic E-state index is 12.6. The van der Waals surface area contributed by atoms with Gasteiger partial charge in [-0.1, -0.05) is 41.9 Å². The molecule has 28 heavy (non-hydrogen) atoms. The van der Waals surface area contributed by atoms with Gasteiger partial charge in [-0.05, 0) is 56.9 Å². The zero-order chi connectivity index (χ0) is 19.7. The largest absolute Gasteiger partial charge is 0.445 e. The highest BCUT2D eigenvalue weighted by molar-refractivity contribution is 14.1. The minimum atomic E-state index is -0.289. The third-order valence-electron chi connectivity index (χ3n) is 4.80. The van der Waals surface area contributed by atoms with Crippen molar-refractivity contribution in [3.05, 3.63) is 61.4 Å². The molecule has 4 rings (SSSR count). The summed E-state index contributed by atoms with van der Waals surface area (Å²) in [6.07, 6.45) is 3.23. The Kier molecular flexibility index (Phi) is 6.07. The van der Waals surface area contributed by atoms with Gasteiger partial charge in [0.2, 0.25) is 0 Å². The number of halogens is 3. The minimum absolute atomic E-state index is 0.101. The Balaban J connectivity index is 1.52. The highest BCUT2D eigenvalue weighted by atomic mass is 127. The normalized spacial score (nSPS) is 17.1. The van der Waals surface area contributed by atoms with Gasteiger partial charge < -0.3 is 9.64 Å². The Labute approximate surface area is 189 Å². The maximum Gasteiger partial charge on any atom is 0.410 e. The summed E-state index contributed by atoms with van der Waals surface area (Å²) in [6.45, 7) is 1.53. The summed E-state index contributed by atoms with van der Waals surface area (Å²) in [7, 11) is 0. The van der Waals surface area contributed by atoms with E-state index in [-0.39, 0.29) is 18.6 Å². The number of hydrogen-bond donors (Lipinski definition) is 0. The van der Waals surface area contributed by atoms with Gasteiger partial charge in [-0.15, -0.1) is 0 Å². The number of nitrogens with zero attached hydrogens (tertiary/aromatic N) is 4. The van der Waals surface area contributed by atoms with Gasteiger partial charge in [0, 0.05) is 19.0 Å². The van der Waals surface area contributed by atoms with E-state index in [2.05, 4.69) is 43.5 Å². The second kappa shape index (κ2) is 8.54. The molecule has 1 aliphatic rings. The number of aromatic nitrogens is 3. The first kappa shape index (κ1) is 19.9. The smallest absolute Gasteiger partial charge is 0.410 e. The molecule has 0 N–H and O–H groups in total. The van der Waals surface area contributed by atoms with Crippen molar-refractivity contribution in [1.82, 2.24) is 19.3 Å². The Morgan fingerprint density at radius 2 is 2.14 bits per heavy atom. The van der Waals surface area contributed by atoms with Crippen LogP contribution < -0.4 is 0 Å². The van der Waals surface area contributed by atoms with E-state index >= 15 is 0 Å². The lowest BCUT2D eigenvalue weighted by molar-refractivity contribution is 0.0852. The van der Waals surface area contributed by atoms with Crippen molar-refractivity contribution in [2.24, 2.45) is 0 Å². The fourth-order valence-electron chi connectivity index (χ4n) is 3.47. The van der Waals surface area contributed by atoms with Crippen LogP contribution in [0.15, 0.2) is 41.1 Å². The molecular weight excluding hydrogens is 558 g/mol. The summed E-state index contributed by atoms with van der Waals surface area (Å²) in [5.41, 5.74) is 1.76. The Morgan fingerprint density at radius 1 is 1.36 bits per heavy atom. The van der Waals surface area contributed by atoms with Crippen molar-refractivity contribution < 1.29 is 9.53 Å². The first-order valence-corrected chi connectivity index (χ1v) is 11.1. The fourth-order valence-corrected chi connectivity index (χ4v) is 5.06. The number of imidazole rings is 1. The van der Waals surface area contributed by atoms with E-state index in [1.807, 2.05) is 34.7 Å². The molecule has 3 heterocycles. The van der Waals surface area contributed by atoms with Crippen LogP contribution in [0.5, 0.6) is 0 Å². The van der Waals surface area contributed by atoms with Crippen molar-refractivity contribution in [1.29, 1.82) is 0 Å². The van der Waals surface area contributed by atoms with E-state index in [0.29, 0.717) is 18.2 Å². The van der Waals surface area contributed by atoms with Crippen molar-refractivity contribution in [2.75, 3.05) is 13.1 Å². The number of rotatable bonds is 3. The number of piperidine rings is 1. The predicted octanol–water partition coefficient (Wildman–Crippen LogP) is 5.27. The average Bonchev–Trinajstić information content (AvgIpc) is 3.08. The van der Waals surface area contributed by atoms with E-state index in [0.717, 1.165) is 38.1 Å². The number of benzene rings is 1. The van der Waals surface area contributed by atoms with E-state index in [1.165, 1.54) is 0 Å². The summed E-state index contributed by atoms with van der Waals surface area (Å²) in [5, 5.41) is 0.418. The molecular formula is C19H17BrClIN4O2. The van der Waals surface area contributed by atoms with Crippen LogP contribution in [-0.2, 0) is 11.3 Å². The molecule has 1 amide bonds. The second-order valence-electron chi connectivity index (χ2n) is 6.64. The number of hydrogen-bond acceptors (Lipinski definition) is 4. The van der Waals surface area contributed by atoms with Gasteiger partial charge in [-0.3, -0.25) is 4.40 Å². The van der Waals surface area contributed by atoms with Crippen molar-refractivity contribution in [2.45, 2.75) is 25.4 Å². The minimum Gasteiger partial charge on any atom is -0.445 e. The topological polar surface area (TPSA) is 59.7 Å². The summed E-state index contributed by atoms with van der Waals surface area (Å²) in [4.78, 5) is 23.3. The Morgan fingerprint density at radius 3 is 2.93 bits per heavy atom. The number of amides is 1. The molecule has 1 fully saturated rings. The van der Waals surface area contributed by atoms with E-state index in [1.54, 1.807) is 11.1 Å². The summed E-state index contributed by atoms with van der Waals surface area (Å²) >= 11 is 12.0. The van der Waals surface area contributed by atoms with Gasteiger partial charge in [0.1, 0.15) is 26.3 Å². The first-order valence-electron chi connectivity index (χ1n) is 8.88. The lowest BCUT2D eigenvalue weighted by atomic mass is 9.97. The SMILES string of the molecule is O=C(OCc1ccccc1)N1CCC[C@@H](c2nc(I)c3c(Cl)ncc(Br)n23)C1. The number of ether oxygens (including phenoxy) is 1. The van der Waals surface area contributed by atoms with Crippen LogP contribution in [0.1, 0.15) is 30.1 Å². The number of likely N-dealkylation sites (tertiary alicyclic amines) is 1. The first-order chi connectivity index (χ1) is 13.5. The molecule has 0 unspecified atom stereocenters. The molecule has 9 heteroatoms. The second-order valence-corrected chi connectivity index (χ2v) is 8.83. The molecule has 1 aromatic carbocycles. The molecule has 0 saturated carbocycles. The highest BCUT2D eigenvalue weighted by Gasteiger charge is 2.30. The van der Waals surface area contributed by atoms with Crippen LogP contribution >= 0.6 is 50.1 Å². The van der Waals surface area contributed by atoms with Gasteiger partial charge in [-0.2, -0.15) is 0 Å². The van der Waals surface area contributed by atoms with Gasteiger partial charge >= 0.3 is 6.09 Å². The lowest BCUT2D eigenvalue weighted by Crippen LogP contribution is -2.39. The Hall–Kier alpha value is -1.39. The summed E-state index contributed by atoms with van der Waals surface area (Å²) < 4.78 is 9.09. The van der Waals surface area contributed by atoms with E-state index in [9.17, 15) is 4.79 Å². The van der Waals surface area contributed by atoms with Gasteiger partial charge in [0.15, 0.2) is 5.15 Å². The quantitative estimate of drug-likeness (QED) is 0.400. The van der Waals surface area contributed by atoms with Crippen LogP contribution in [0.2, 0.25) is 5.15 Å². The maximum absolute atomic E-state index is 12.6. The van der Waals surface area contributed by atoms with Crippen LogP contribution in [0.3, 0.4) is 0 Å². The molecule has 146 valence electrons. The third kappa shape index (κ3) is 3.99. The van der Waals surface area contributed by atoms with E-state index in [4.69, 9.17) is 21.3 Å². The van der Waals surface area contributed by atoms with Gasteiger partial charge in [-0.25, -0.2) is 14.8 Å². The predicted molar refractivity (Wildman–Crippen MR) is 119 cm³/mol. The highest BCUT2D eigenvalue weighted by Crippen LogP contribution is 2.33. The van der Waals surface area contributed by atoms with Gasteiger partial charge in [0.25, 0.3) is 0 Å². The zero-order valence-electron chi connectivity index (χ0n) is 14.8. The molecule has 3 aromatic rings. The summed E-state index contributed by atoms with van der Waals surface area (Å²) in [5.74, 6) is 0.986. The number of carbonyl (C=O) groups is 1. The molecule has 0 radical (unpaired) electrons. The fraction of sp³-hybridized carbons (Fsp3) is 0.316. The monoisotopic (exact) mass is 574 g/mol.